The fourth-order valence-corrected chi connectivity index (χ4v) is 2.93. The molecule has 0 atom stereocenters. The van der Waals surface area contributed by atoms with Gasteiger partial charge in [0.2, 0.25) is 0 Å². The van der Waals surface area contributed by atoms with Crippen molar-refractivity contribution in [2.45, 2.75) is 6.42 Å². The van der Waals surface area contributed by atoms with Crippen molar-refractivity contribution in [2.24, 2.45) is 0 Å². The summed E-state index contributed by atoms with van der Waals surface area (Å²) < 4.78 is 5.05. The predicted molar refractivity (Wildman–Crippen MR) is 87.7 cm³/mol. The van der Waals surface area contributed by atoms with Gasteiger partial charge in [-0.3, -0.25) is 10.1 Å². The number of carbonyl (C=O) groups is 1. The molecule has 0 unspecified atom stereocenters. The van der Waals surface area contributed by atoms with Crippen molar-refractivity contribution in [3.63, 3.8) is 0 Å². The topological polar surface area (TPSA) is 78.9 Å². The Bertz CT molecular complexity index is 877. The SMILES string of the molecule is N#Cc1ccc(Cc2cnc(NC(=O)c3ccc(Cl)o3)s2)cc1. The van der Waals surface area contributed by atoms with Gasteiger partial charge in [0.25, 0.3) is 5.91 Å². The van der Waals surface area contributed by atoms with Gasteiger partial charge in [-0.25, -0.2) is 4.98 Å². The number of nitrogens with one attached hydrogen (secondary N) is 1. The molecule has 0 aliphatic heterocycles. The lowest BCUT2D eigenvalue weighted by Gasteiger charge is -1.98. The van der Waals surface area contributed by atoms with Gasteiger partial charge in [-0.05, 0) is 41.4 Å². The Balaban J connectivity index is 1.65. The van der Waals surface area contributed by atoms with Crippen molar-refractivity contribution in [2.75, 3.05) is 5.32 Å². The number of rotatable bonds is 4. The van der Waals surface area contributed by atoms with Crippen molar-refractivity contribution >= 4 is 34.0 Å². The number of furan rings is 1. The van der Waals surface area contributed by atoms with Crippen LogP contribution in [0.2, 0.25) is 5.22 Å². The van der Waals surface area contributed by atoms with E-state index in [0.717, 1.165) is 10.4 Å². The Kier molecular flexibility index (Phi) is 4.42. The van der Waals surface area contributed by atoms with E-state index in [0.29, 0.717) is 17.1 Å². The molecule has 114 valence electrons. The summed E-state index contributed by atoms with van der Waals surface area (Å²) in [6, 6.07) is 12.5. The average molecular weight is 344 g/mol. The largest absolute Gasteiger partial charge is 0.440 e. The summed E-state index contributed by atoms with van der Waals surface area (Å²) in [6.07, 6.45) is 2.40. The molecule has 0 radical (unpaired) electrons. The van der Waals surface area contributed by atoms with Crippen molar-refractivity contribution < 1.29 is 9.21 Å². The lowest BCUT2D eigenvalue weighted by molar-refractivity contribution is 0.0996. The summed E-state index contributed by atoms with van der Waals surface area (Å²) in [5.41, 5.74) is 1.70. The molecule has 0 spiro atoms. The van der Waals surface area contributed by atoms with Crippen LogP contribution in [0.15, 0.2) is 47.0 Å². The average Bonchev–Trinajstić information content (AvgIpc) is 3.17. The Labute approximate surface area is 141 Å². The third kappa shape index (κ3) is 3.77. The summed E-state index contributed by atoms with van der Waals surface area (Å²) in [6.45, 7) is 0. The number of halogens is 1. The molecule has 2 heterocycles. The van der Waals surface area contributed by atoms with Gasteiger partial charge in [0.15, 0.2) is 16.1 Å². The summed E-state index contributed by atoms with van der Waals surface area (Å²) in [4.78, 5) is 17.1. The van der Waals surface area contributed by atoms with Gasteiger partial charge in [-0.2, -0.15) is 5.26 Å². The van der Waals surface area contributed by atoms with E-state index in [1.807, 2.05) is 12.1 Å². The van der Waals surface area contributed by atoms with E-state index < -0.39 is 5.91 Å². The number of nitrogens with zero attached hydrogens (tertiary/aromatic N) is 2. The Morgan fingerprint density at radius 3 is 2.74 bits per heavy atom. The second-order valence-electron chi connectivity index (χ2n) is 4.68. The zero-order chi connectivity index (χ0) is 16.2. The Hall–Kier alpha value is -2.62. The zero-order valence-corrected chi connectivity index (χ0v) is 13.3. The number of thiazole rings is 1. The monoisotopic (exact) mass is 343 g/mol. The third-order valence-corrected chi connectivity index (χ3v) is 4.15. The molecule has 0 aliphatic rings. The maximum atomic E-state index is 11.9. The fraction of sp³-hybridized carbons (Fsp3) is 0.0625. The van der Waals surface area contributed by atoms with Crippen LogP contribution in [0.5, 0.6) is 0 Å². The molecule has 0 bridgehead atoms. The molecule has 7 heteroatoms. The van der Waals surface area contributed by atoms with Crippen LogP contribution in [0.1, 0.15) is 26.6 Å². The van der Waals surface area contributed by atoms with Crippen LogP contribution in [0, 0.1) is 11.3 Å². The van der Waals surface area contributed by atoms with E-state index in [-0.39, 0.29) is 11.0 Å². The number of carbonyl (C=O) groups excluding carboxylic acids is 1. The second kappa shape index (κ2) is 6.65. The minimum Gasteiger partial charge on any atom is -0.440 e. The van der Waals surface area contributed by atoms with Crippen LogP contribution in [-0.4, -0.2) is 10.9 Å². The van der Waals surface area contributed by atoms with E-state index in [4.69, 9.17) is 21.3 Å². The second-order valence-corrected chi connectivity index (χ2v) is 6.16. The minimum atomic E-state index is -0.392. The van der Waals surface area contributed by atoms with Crippen LogP contribution in [-0.2, 0) is 6.42 Å². The number of amides is 1. The molecule has 1 amide bonds. The van der Waals surface area contributed by atoms with Gasteiger partial charge in [0.1, 0.15) is 0 Å². The zero-order valence-electron chi connectivity index (χ0n) is 11.7. The molecule has 23 heavy (non-hydrogen) atoms. The first-order valence-corrected chi connectivity index (χ1v) is 7.84. The van der Waals surface area contributed by atoms with Crippen LogP contribution in [0.25, 0.3) is 0 Å². The summed E-state index contributed by atoms with van der Waals surface area (Å²) in [5, 5.41) is 12.1. The molecule has 0 fully saturated rings. The van der Waals surface area contributed by atoms with Crippen LogP contribution >= 0.6 is 22.9 Å². The van der Waals surface area contributed by atoms with Crippen molar-refractivity contribution in [3.8, 4) is 6.07 Å². The molecule has 2 aromatic heterocycles. The molecule has 1 aromatic carbocycles. The quantitative estimate of drug-likeness (QED) is 0.773. The normalized spacial score (nSPS) is 10.3. The third-order valence-electron chi connectivity index (χ3n) is 3.03. The Morgan fingerprint density at radius 2 is 2.09 bits per heavy atom. The number of benzene rings is 1. The first kappa shape index (κ1) is 15.3. The predicted octanol–water partition coefficient (Wildman–Crippen LogP) is 4.10. The van der Waals surface area contributed by atoms with Crippen LogP contribution in [0.4, 0.5) is 5.13 Å². The molecular weight excluding hydrogens is 334 g/mol. The van der Waals surface area contributed by atoms with E-state index in [1.165, 1.54) is 23.5 Å². The molecule has 5 nitrogen and oxygen atoms in total. The number of hydrogen-bond acceptors (Lipinski definition) is 5. The number of aromatic nitrogens is 1. The summed E-state index contributed by atoms with van der Waals surface area (Å²) in [7, 11) is 0. The number of hydrogen-bond donors (Lipinski definition) is 1. The lowest BCUT2D eigenvalue weighted by atomic mass is 10.1. The number of anilines is 1. The van der Waals surface area contributed by atoms with Gasteiger partial charge in [0, 0.05) is 17.5 Å². The van der Waals surface area contributed by atoms with Crippen LogP contribution < -0.4 is 5.32 Å². The molecule has 1 N–H and O–H groups in total. The Morgan fingerprint density at radius 1 is 1.30 bits per heavy atom. The molecule has 3 rings (SSSR count). The highest BCUT2D eigenvalue weighted by molar-refractivity contribution is 7.15. The van der Waals surface area contributed by atoms with Crippen molar-refractivity contribution in [3.05, 3.63) is 69.6 Å². The summed E-state index contributed by atoms with van der Waals surface area (Å²) >= 11 is 7.03. The summed E-state index contributed by atoms with van der Waals surface area (Å²) in [5.74, 6) is -0.255. The van der Waals surface area contributed by atoms with Gasteiger partial charge >= 0.3 is 0 Å². The lowest BCUT2D eigenvalue weighted by Crippen LogP contribution is -2.10. The van der Waals surface area contributed by atoms with Gasteiger partial charge < -0.3 is 4.42 Å². The van der Waals surface area contributed by atoms with E-state index in [2.05, 4.69) is 16.4 Å². The first-order valence-electron chi connectivity index (χ1n) is 6.64. The van der Waals surface area contributed by atoms with E-state index in [9.17, 15) is 4.79 Å². The molecular formula is C16H10ClN3O2S. The highest BCUT2D eigenvalue weighted by Crippen LogP contribution is 2.22. The molecule has 3 aromatic rings. The first-order chi connectivity index (χ1) is 11.1. The van der Waals surface area contributed by atoms with E-state index >= 15 is 0 Å². The van der Waals surface area contributed by atoms with Crippen LogP contribution in [0.3, 0.4) is 0 Å². The highest BCUT2D eigenvalue weighted by atomic mass is 35.5. The smallest absolute Gasteiger partial charge is 0.293 e. The molecule has 0 saturated heterocycles. The van der Waals surface area contributed by atoms with Crippen molar-refractivity contribution in [1.82, 2.24) is 4.98 Å². The van der Waals surface area contributed by atoms with Gasteiger partial charge in [-0.1, -0.05) is 12.1 Å². The fourth-order valence-electron chi connectivity index (χ4n) is 1.94. The maximum absolute atomic E-state index is 11.9. The highest BCUT2D eigenvalue weighted by Gasteiger charge is 2.13. The van der Waals surface area contributed by atoms with Gasteiger partial charge in [-0.15, -0.1) is 11.3 Å². The standard InChI is InChI=1S/C16H10ClN3O2S/c17-14-6-5-13(22-14)15(21)20-16-19-9-12(23-16)7-10-1-3-11(8-18)4-2-10/h1-6,9H,7H2,(H,19,20,21). The van der Waals surface area contributed by atoms with E-state index in [1.54, 1.807) is 18.3 Å². The molecule has 0 saturated carbocycles. The van der Waals surface area contributed by atoms with Gasteiger partial charge in [0.05, 0.1) is 11.6 Å². The number of nitriles is 1. The van der Waals surface area contributed by atoms with Crippen molar-refractivity contribution in [1.29, 1.82) is 5.26 Å². The molecule has 0 aliphatic carbocycles. The minimum absolute atomic E-state index is 0.138. The maximum Gasteiger partial charge on any atom is 0.293 e.